The smallest absolute Gasteiger partial charge is 0.261 e. The molecule has 0 radical (unpaired) electrons. The van der Waals surface area contributed by atoms with Crippen LogP contribution in [0.2, 0.25) is 0 Å². The minimum absolute atomic E-state index is 0.0721. The zero-order valence-corrected chi connectivity index (χ0v) is 19.4. The van der Waals surface area contributed by atoms with Crippen molar-refractivity contribution in [2.24, 2.45) is 0 Å². The number of hydrogen-bond donors (Lipinski definition) is 0. The van der Waals surface area contributed by atoms with Gasteiger partial charge in [0.2, 0.25) is 0 Å². The monoisotopic (exact) mass is 416 g/mol. The Hall–Kier alpha value is -1.97. The van der Waals surface area contributed by atoms with Gasteiger partial charge in [-0.25, -0.2) is 0 Å². The number of nitriles is 1. The summed E-state index contributed by atoms with van der Waals surface area (Å²) in [6.07, 6.45) is 1.95. The fourth-order valence-corrected chi connectivity index (χ4v) is 4.20. The van der Waals surface area contributed by atoms with Crippen molar-refractivity contribution in [3.05, 3.63) is 33.7 Å². The minimum atomic E-state index is -0.145. The van der Waals surface area contributed by atoms with Crippen LogP contribution in [0.4, 0.5) is 0 Å². The molecule has 1 amide bonds. The van der Waals surface area contributed by atoms with E-state index < -0.39 is 0 Å². The molecule has 2 rings (SSSR count). The summed E-state index contributed by atoms with van der Waals surface area (Å²) in [6, 6.07) is 6.28. The van der Waals surface area contributed by atoms with Gasteiger partial charge < -0.3 is 14.4 Å². The van der Waals surface area contributed by atoms with Gasteiger partial charge in [-0.1, -0.05) is 41.5 Å². The van der Waals surface area contributed by atoms with Crippen molar-refractivity contribution in [2.75, 3.05) is 32.7 Å². The molecule has 0 spiro atoms. The number of hydrogen-bond acceptors (Lipinski definition) is 5. The van der Waals surface area contributed by atoms with E-state index in [1.165, 1.54) is 0 Å². The second kappa shape index (κ2) is 9.23. The van der Waals surface area contributed by atoms with Gasteiger partial charge in [0.15, 0.2) is 6.79 Å². The summed E-state index contributed by atoms with van der Waals surface area (Å²) >= 11 is 1.55. The van der Waals surface area contributed by atoms with Gasteiger partial charge in [-0.3, -0.25) is 4.79 Å². The summed E-state index contributed by atoms with van der Waals surface area (Å²) in [5.41, 5.74) is 2.84. The maximum atomic E-state index is 12.7. The Morgan fingerprint density at radius 3 is 2.24 bits per heavy atom. The Bertz CT molecular complexity index is 791. The van der Waals surface area contributed by atoms with Gasteiger partial charge in [0, 0.05) is 30.5 Å². The Balaban J connectivity index is 2.61. The highest BCUT2D eigenvalue weighted by atomic mass is 32.2. The molecule has 1 aromatic rings. The van der Waals surface area contributed by atoms with Crippen LogP contribution < -0.4 is 4.74 Å². The van der Waals surface area contributed by atoms with Crippen LogP contribution in [0.25, 0.3) is 6.08 Å². The van der Waals surface area contributed by atoms with Gasteiger partial charge in [-0.15, -0.1) is 11.8 Å². The average Bonchev–Trinajstić information content (AvgIpc) is 2.62. The zero-order valence-electron chi connectivity index (χ0n) is 18.6. The molecule has 1 aliphatic rings. The molecule has 1 heterocycles. The second-order valence-electron chi connectivity index (χ2n) is 9.24. The van der Waals surface area contributed by atoms with Gasteiger partial charge in [0.05, 0.1) is 11.0 Å². The van der Waals surface area contributed by atoms with Gasteiger partial charge in [0.25, 0.3) is 5.91 Å². The number of ether oxygens (including phenoxy) is 2. The molecular weight excluding hydrogens is 384 g/mol. The largest absolute Gasteiger partial charge is 0.467 e. The number of benzene rings is 1. The lowest BCUT2D eigenvalue weighted by Crippen LogP contribution is -2.37. The lowest BCUT2D eigenvalue weighted by atomic mass is 9.78. The summed E-state index contributed by atoms with van der Waals surface area (Å²) < 4.78 is 11.2. The molecule has 0 unspecified atom stereocenters. The maximum absolute atomic E-state index is 12.7. The van der Waals surface area contributed by atoms with Gasteiger partial charge in [-0.2, -0.15) is 5.26 Å². The third kappa shape index (κ3) is 5.77. The van der Waals surface area contributed by atoms with E-state index in [-0.39, 0.29) is 30.1 Å². The highest BCUT2D eigenvalue weighted by molar-refractivity contribution is 8.04. The number of methoxy groups -OCH3 is 1. The van der Waals surface area contributed by atoms with Gasteiger partial charge >= 0.3 is 0 Å². The molecule has 0 N–H and O–H groups in total. The van der Waals surface area contributed by atoms with E-state index in [0.29, 0.717) is 11.4 Å². The standard InChI is InChI=1S/C23H32N2O3S/c1-22(2,3)17-12-16(13-18(23(4,5)6)20(17)28-15-27-7)14-19-21(26)25(9-8-24)10-11-29-19/h12-14H,9-11,15H2,1-7H3. The number of rotatable bonds is 5. The van der Waals surface area contributed by atoms with E-state index in [2.05, 4.69) is 59.7 Å². The normalized spacial score (nSPS) is 16.8. The molecule has 0 atom stereocenters. The summed E-state index contributed by atoms with van der Waals surface area (Å²) in [7, 11) is 1.62. The molecule has 6 heteroatoms. The molecule has 29 heavy (non-hydrogen) atoms. The van der Waals surface area contributed by atoms with Crippen molar-refractivity contribution in [3.8, 4) is 11.8 Å². The first-order valence-corrected chi connectivity index (χ1v) is 10.8. The quantitative estimate of drug-likeness (QED) is 0.395. The van der Waals surface area contributed by atoms with Crippen molar-refractivity contribution in [2.45, 2.75) is 52.4 Å². The molecule has 0 saturated carbocycles. The first-order chi connectivity index (χ1) is 13.5. The van der Waals surface area contributed by atoms with Crippen LogP contribution in [0.15, 0.2) is 17.0 Å². The zero-order chi connectivity index (χ0) is 21.8. The van der Waals surface area contributed by atoms with E-state index >= 15 is 0 Å². The Kier molecular flexibility index (Phi) is 7.42. The van der Waals surface area contributed by atoms with Gasteiger partial charge in [0.1, 0.15) is 12.3 Å². The third-order valence-electron chi connectivity index (χ3n) is 4.72. The Labute approximate surface area is 179 Å². The van der Waals surface area contributed by atoms with Crippen LogP contribution in [-0.2, 0) is 20.4 Å². The van der Waals surface area contributed by atoms with Gasteiger partial charge in [-0.05, 0) is 34.6 Å². The minimum Gasteiger partial charge on any atom is -0.467 e. The summed E-state index contributed by atoms with van der Waals surface area (Å²) in [4.78, 5) is 15.0. The van der Waals surface area contributed by atoms with Crippen LogP contribution in [0, 0.1) is 11.3 Å². The highest BCUT2D eigenvalue weighted by Gasteiger charge is 2.29. The maximum Gasteiger partial charge on any atom is 0.261 e. The van der Waals surface area contributed by atoms with Crippen molar-refractivity contribution < 1.29 is 14.3 Å². The lowest BCUT2D eigenvalue weighted by molar-refractivity contribution is -0.125. The summed E-state index contributed by atoms with van der Waals surface area (Å²) in [6.45, 7) is 13.8. The molecule has 0 aliphatic carbocycles. The number of carbonyl (C=O) groups is 1. The molecule has 0 aromatic heterocycles. The first kappa shape index (κ1) is 23.3. The summed E-state index contributed by atoms with van der Waals surface area (Å²) in [5.74, 6) is 1.58. The third-order valence-corrected chi connectivity index (χ3v) is 5.71. The average molecular weight is 417 g/mol. The molecule has 5 nitrogen and oxygen atoms in total. The van der Waals surface area contributed by atoms with Crippen LogP contribution >= 0.6 is 11.8 Å². The number of carbonyl (C=O) groups excluding carboxylic acids is 1. The highest BCUT2D eigenvalue weighted by Crippen LogP contribution is 2.41. The van der Waals surface area contributed by atoms with E-state index in [1.807, 2.05) is 6.08 Å². The van der Waals surface area contributed by atoms with E-state index in [4.69, 9.17) is 14.7 Å². The molecule has 1 aliphatic heterocycles. The first-order valence-electron chi connectivity index (χ1n) is 9.80. The molecule has 0 bridgehead atoms. The molecule has 1 fully saturated rings. The van der Waals surface area contributed by atoms with Crippen LogP contribution in [-0.4, -0.2) is 43.6 Å². The van der Waals surface area contributed by atoms with E-state index in [0.717, 1.165) is 28.2 Å². The van der Waals surface area contributed by atoms with Crippen molar-refractivity contribution >= 4 is 23.7 Å². The fourth-order valence-electron chi connectivity index (χ4n) is 3.20. The van der Waals surface area contributed by atoms with Crippen LogP contribution in [0.5, 0.6) is 5.75 Å². The molecule has 1 aromatic carbocycles. The SMILES string of the molecule is COCOc1c(C(C)(C)C)cc(C=C2SCCN(CC#N)C2=O)cc1C(C)(C)C. The molecule has 1 saturated heterocycles. The predicted molar refractivity (Wildman–Crippen MR) is 119 cm³/mol. The van der Waals surface area contributed by atoms with Crippen molar-refractivity contribution in [3.63, 3.8) is 0 Å². The van der Waals surface area contributed by atoms with E-state index in [9.17, 15) is 4.79 Å². The Morgan fingerprint density at radius 2 is 1.76 bits per heavy atom. The number of thioether (sulfide) groups is 1. The second-order valence-corrected chi connectivity index (χ2v) is 10.4. The fraction of sp³-hybridized carbons (Fsp3) is 0.565. The Morgan fingerprint density at radius 1 is 1.17 bits per heavy atom. The molecular formula is C23H32N2O3S. The van der Waals surface area contributed by atoms with Crippen LogP contribution in [0.1, 0.15) is 58.2 Å². The number of amides is 1. The van der Waals surface area contributed by atoms with E-state index in [1.54, 1.807) is 23.8 Å². The molecule has 158 valence electrons. The van der Waals surface area contributed by atoms with Crippen LogP contribution in [0.3, 0.4) is 0 Å². The van der Waals surface area contributed by atoms with Crippen molar-refractivity contribution in [1.29, 1.82) is 5.26 Å². The number of nitrogens with zero attached hydrogens (tertiary/aromatic N) is 2. The summed E-state index contributed by atoms with van der Waals surface area (Å²) in [5, 5.41) is 8.97. The predicted octanol–water partition coefficient (Wildman–Crippen LogP) is 4.70. The topological polar surface area (TPSA) is 62.6 Å². The lowest BCUT2D eigenvalue weighted by Gasteiger charge is -2.30. The van der Waals surface area contributed by atoms with Crippen molar-refractivity contribution in [1.82, 2.24) is 4.90 Å².